The largest absolute Gasteiger partial charge is 0.310 e. The lowest BCUT2D eigenvalue weighted by atomic mass is 10.1. The van der Waals surface area contributed by atoms with Crippen LogP contribution in [0, 0.1) is 6.92 Å². The van der Waals surface area contributed by atoms with Crippen LogP contribution in [0.25, 0.3) is 10.2 Å². The monoisotopic (exact) mass is 439 g/mol. The predicted octanol–water partition coefficient (Wildman–Crippen LogP) is 4.33. The van der Waals surface area contributed by atoms with Crippen molar-refractivity contribution in [3.05, 3.63) is 67.5 Å². The van der Waals surface area contributed by atoms with Gasteiger partial charge in [-0.25, -0.2) is 4.98 Å². The van der Waals surface area contributed by atoms with E-state index in [1.165, 1.54) is 22.7 Å². The van der Waals surface area contributed by atoms with Gasteiger partial charge in [0.1, 0.15) is 15.7 Å². The number of aromatic amines is 1. The molecule has 4 aromatic rings. The maximum atomic E-state index is 12.8. The SMILES string of the molecule is CCCCc1nnc(NC(=O)c2sc3nc(Cc4ccccc4)[nH]c(=O)c3c2C)s1. The number of nitrogens with one attached hydrogen (secondary N) is 2. The summed E-state index contributed by atoms with van der Waals surface area (Å²) in [5, 5.41) is 12.8. The van der Waals surface area contributed by atoms with Crippen LogP contribution in [0.15, 0.2) is 35.1 Å². The molecule has 0 fully saturated rings. The molecule has 0 radical (unpaired) electrons. The highest BCUT2D eigenvalue weighted by molar-refractivity contribution is 7.21. The van der Waals surface area contributed by atoms with Crippen molar-refractivity contribution in [1.82, 2.24) is 20.2 Å². The summed E-state index contributed by atoms with van der Waals surface area (Å²) >= 11 is 2.61. The molecule has 0 spiro atoms. The minimum absolute atomic E-state index is 0.225. The number of amides is 1. The number of H-pyrrole nitrogens is 1. The second kappa shape index (κ2) is 8.85. The summed E-state index contributed by atoms with van der Waals surface area (Å²) in [5.74, 6) is 0.286. The summed E-state index contributed by atoms with van der Waals surface area (Å²) in [4.78, 5) is 34.0. The molecule has 0 aliphatic rings. The molecule has 0 saturated heterocycles. The maximum absolute atomic E-state index is 12.8. The molecule has 0 atom stereocenters. The van der Waals surface area contributed by atoms with Crippen LogP contribution in [0.3, 0.4) is 0 Å². The summed E-state index contributed by atoms with van der Waals surface area (Å²) in [5.41, 5.74) is 1.46. The van der Waals surface area contributed by atoms with Crippen LogP contribution in [0.1, 0.15) is 51.4 Å². The summed E-state index contributed by atoms with van der Waals surface area (Å²) in [7, 11) is 0. The Morgan fingerprint density at radius 2 is 1.97 bits per heavy atom. The quantitative estimate of drug-likeness (QED) is 0.446. The zero-order valence-corrected chi connectivity index (χ0v) is 18.3. The van der Waals surface area contributed by atoms with E-state index in [-0.39, 0.29) is 11.5 Å². The Morgan fingerprint density at radius 1 is 1.17 bits per heavy atom. The lowest BCUT2D eigenvalue weighted by molar-refractivity contribution is 0.103. The minimum atomic E-state index is -0.294. The Labute approximate surface area is 181 Å². The summed E-state index contributed by atoms with van der Waals surface area (Å²) in [6, 6.07) is 9.82. The molecular formula is C21H21N5O2S2. The minimum Gasteiger partial charge on any atom is -0.310 e. The van der Waals surface area contributed by atoms with Gasteiger partial charge in [-0.15, -0.1) is 21.5 Å². The van der Waals surface area contributed by atoms with E-state index in [1.54, 1.807) is 6.92 Å². The molecular weight excluding hydrogens is 418 g/mol. The van der Waals surface area contributed by atoms with E-state index in [0.717, 1.165) is 29.8 Å². The molecule has 30 heavy (non-hydrogen) atoms. The number of aryl methyl sites for hydroxylation is 2. The first-order valence-corrected chi connectivity index (χ1v) is 11.4. The zero-order chi connectivity index (χ0) is 21.1. The van der Waals surface area contributed by atoms with Crippen LogP contribution < -0.4 is 10.9 Å². The van der Waals surface area contributed by atoms with Crippen molar-refractivity contribution in [1.29, 1.82) is 0 Å². The zero-order valence-electron chi connectivity index (χ0n) is 16.7. The first-order valence-electron chi connectivity index (χ1n) is 9.75. The van der Waals surface area contributed by atoms with Crippen molar-refractivity contribution >= 4 is 43.9 Å². The summed E-state index contributed by atoms with van der Waals surface area (Å²) in [6.07, 6.45) is 3.50. The van der Waals surface area contributed by atoms with E-state index in [1.807, 2.05) is 30.3 Å². The lowest BCUT2D eigenvalue weighted by Gasteiger charge is -2.01. The van der Waals surface area contributed by atoms with Crippen LogP contribution in [-0.2, 0) is 12.8 Å². The van der Waals surface area contributed by atoms with Gasteiger partial charge in [0.2, 0.25) is 5.13 Å². The molecule has 3 heterocycles. The lowest BCUT2D eigenvalue weighted by Crippen LogP contribution is -2.13. The van der Waals surface area contributed by atoms with Crippen molar-refractivity contribution < 1.29 is 4.79 Å². The summed E-state index contributed by atoms with van der Waals surface area (Å²) < 4.78 is 0. The number of anilines is 1. The molecule has 4 rings (SSSR count). The first-order chi connectivity index (χ1) is 14.5. The number of thiophene rings is 1. The van der Waals surface area contributed by atoms with Gasteiger partial charge < -0.3 is 4.98 Å². The van der Waals surface area contributed by atoms with Crippen LogP contribution in [-0.4, -0.2) is 26.1 Å². The molecule has 0 bridgehead atoms. The Bertz CT molecular complexity index is 1240. The van der Waals surface area contributed by atoms with E-state index in [0.29, 0.717) is 38.0 Å². The Balaban J connectivity index is 1.59. The topological polar surface area (TPSA) is 101 Å². The molecule has 0 aliphatic carbocycles. The maximum Gasteiger partial charge on any atom is 0.267 e. The third-order valence-corrected chi connectivity index (χ3v) is 6.78. The molecule has 1 aromatic carbocycles. The highest BCUT2D eigenvalue weighted by Crippen LogP contribution is 2.28. The standard InChI is InChI=1S/C21H21N5O2S2/c1-3-4-10-15-25-26-21(29-15)24-19(28)17-12(2)16-18(27)22-14(23-20(16)30-17)11-13-8-6-5-7-9-13/h5-9H,3-4,10-11H2,1-2H3,(H,22,23,27)(H,24,26,28). The number of rotatable bonds is 7. The molecule has 154 valence electrons. The number of hydrogen-bond acceptors (Lipinski definition) is 7. The number of hydrogen-bond donors (Lipinski definition) is 2. The highest BCUT2D eigenvalue weighted by Gasteiger charge is 2.20. The molecule has 7 nitrogen and oxygen atoms in total. The van der Waals surface area contributed by atoms with Gasteiger partial charge >= 0.3 is 0 Å². The van der Waals surface area contributed by atoms with Gasteiger partial charge in [-0.1, -0.05) is 55.0 Å². The van der Waals surface area contributed by atoms with Gasteiger partial charge in [0.25, 0.3) is 11.5 Å². The van der Waals surface area contributed by atoms with Gasteiger partial charge in [-0.3, -0.25) is 14.9 Å². The third-order valence-electron chi connectivity index (χ3n) is 4.70. The number of fused-ring (bicyclic) bond motifs is 1. The molecule has 2 N–H and O–H groups in total. The number of aromatic nitrogens is 4. The van der Waals surface area contributed by atoms with Crippen molar-refractivity contribution in [2.45, 2.75) is 39.5 Å². The highest BCUT2D eigenvalue weighted by atomic mass is 32.1. The van der Waals surface area contributed by atoms with E-state index < -0.39 is 0 Å². The van der Waals surface area contributed by atoms with E-state index in [9.17, 15) is 9.59 Å². The van der Waals surface area contributed by atoms with E-state index in [4.69, 9.17) is 0 Å². The second-order valence-corrected chi connectivity index (χ2v) is 9.03. The Hall–Kier alpha value is -2.91. The van der Waals surface area contributed by atoms with Gasteiger partial charge in [0.05, 0.1) is 10.3 Å². The van der Waals surface area contributed by atoms with Crippen molar-refractivity contribution in [3.8, 4) is 0 Å². The molecule has 0 aliphatic heterocycles. The number of nitrogens with zero attached hydrogens (tertiary/aromatic N) is 3. The van der Waals surface area contributed by atoms with Crippen molar-refractivity contribution in [2.24, 2.45) is 0 Å². The smallest absolute Gasteiger partial charge is 0.267 e. The fourth-order valence-electron chi connectivity index (χ4n) is 3.17. The van der Waals surface area contributed by atoms with Crippen LogP contribution in [0.2, 0.25) is 0 Å². The van der Waals surface area contributed by atoms with Crippen molar-refractivity contribution in [2.75, 3.05) is 5.32 Å². The first kappa shape index (κ1) is 20.4. The molecule has 1 amide bonds. The second-order valence-electron chi connectivity index (χ2n) is 6.97. The average Bonchev–Trinajstić information content (AvgIpc) is 3.31. The average molecular weight is 440 g/mol. The number of benzene rings is 1. The van der Waals surface area contributed by atoms with Crippen LogP contribution >= 0.6 is 22.7 Å². The van der Waals surface area contributed by atoms with E-state index in [2.05, 4.69) is 32.4 Å². The fraction of sp³-hybridized carbons (Fsp3) is 0.286. The van der Waals surface area contributed by atoms with Gasteiger partial charge in [-0.2, -0.15) is 0 Å². The molecule has 3 aromatic heterocycles. The Kier molecular flexibility index (Phi) is 6.01. The fourth-order valence-corrected chi connectivity index (χ4v) is 5.04. The third kappa shape index (κ3) is 4.31. The number of carbonyl (C=O) groups excluding carboxylic acids is 1. The number of carbonyl (C=O) groups is 1. The van der Waals surface area contributed by atoms with Gasteiger partial charge in [0.15, 0.2) is 0 Å². The molecule has 9 heteroatoms. The predicted molar refractivity (Wildman–Crippen MR) is 121 cm³/mol. The van der Waals surface area contributed by atoms with E-state index >= 15 is 0 Å². The number of unbranched alkanes of at least 4 members (excludes halogenated alkanes) is 1. The van der Waals surface area contributed by atoms with Crippen LogP contribution in [0.4, 0.5) is 5.13 Å². The van der Waals surface area contributed by atoms with Gasteiger partial charge in [0, 0.05) is 12.8 Å². The molecule has 0 saturated carbocycles. The molecule has 0 unspecified atom stereocenters. The van der Waals surface area contributed by atoms with Gasteiger partial charge in [-0.05, 0) is 24.5 Å². The van der Waals surface area contributed by atoms with Crippen LogP contribution in [0.5, 0.6) is 0 Å². The Morgan fingerprint density at radius 3 is 2.73 bits per heavy atom. The normalized spacial score (nSPS) is 11.1. The van der Waals surface area contributed by atoms with Crippen molar-refractivity contribution in [3.63, 3.8) is 0 Å². The summed E-state index contributed by atoms with van der Waals surface area (Å²) in [6.45, 7) is 3.89.